The van der Waals surface area contributed by atoms with Crippen LogP contribution in [0, 0.1) is 12.8 Å². The van der Waals surface area contributed by atoms with Crippen LogP contribution in [0.2, 0.25) is 0 Å². The number of esters is 1. The number of anilines is 1. The van der Waals surface area contributed by atoms with Gasteiger partial charge >= 0.3 is 5.97 Å². The number of carbonyl (C=O) groups is 1. The van der Waals surface area contributed by atoms with Crippen molar-refractivity contribution in [1.29, 1.82) is 0 Å². The van der Waals surface area contributed by atoms with Crippen molar-refractivity contribution in [3.8, 4) is 0 Å². The van der Waals surface area contributed by atoms with Gasteiger partial charge in [0.05, 0.1) is 12.3 Å². The predicted molar refractivity (Wildman–Crippen MR) is 77.5 cm³/mol. The summed E-state index contributed by atoms with van der Waals surface area (Å²) in [5.74, 6) is 1.63. The number of nitrogens with zero attached hydrogens (tertiary/aromatic N) is 2. The molecule has 1 aliphatic rings. The molecule has 1 fully saturated rings. The maximum Gasteiger partial charge on any atom is 0.343 e. The van der Waals surface area contributed by atoms with E-state index in [1.807, 2.05) is 0 Å². The molecule has 0 bridgehead atoms. The zero-order valence-corrected chi connectivity index (χ0v) is 12.5. The van der Waals surface area contributed by atoms with Crippen molar-refractivity contribution in [2.24, 2.45) is 5.92 Å². The van der Waals surface area contributed by atoms with Crippen molar-refractivity contribution in [3.05, 3.63) is 17.1 Å². The second-order valence-electron chi connectivity index (χ2n) is 5.62. The molecule has 0 amide bonds. The Morgan fingerprint density at radius 3 is 2.75 bits per heavy atom. The summed E-state index contributed by atoms with van der Waals surface area (Å²) >= 11 is 0. The largest absolute Gasteiger partial charge is 0.462 e. The second-order valence-corrected chi connectivity index (χ2v) is 5.62. The van der Waals surface area contributed by atoms with Gasteiger partial charge in [-0.15, -0.1) is 0 Å². The fourth-order valence-electron chi connectivity index (χ4n) is 2.92. The molecule has 0 aromatic carbocycles. The van der Waals surface area contributed by atoms with Crippen LogP contribution in [0.1, 0.15) is 67.3 Å². The molecule has 0 aliphatic heterocycles. The van der Waals surface area contributed by atoms with Gasteiger partial charge in [-0.3, -0.25) is 0 Å². The summed E-state index contributed by atoms with van der Waals surface area (Å²) < 4.78 is 4.99. The minimum Gasteiger partial charge on any atom is -0.462 e. The average Bonchev–Trinajstić information content (AvgIpc) is 2.38. The van der Waals surface area contributed by atoms with Crippen LogP contribution in [-0.2, 0) is 4.74 Å². The summed E-state index contributed by atoms with van der Waals surface area (Å²) in [6.07, 6.45) is 4.67. The van der Waals surface area contributed by atoms with E-state index >= 15 is 0 Å². The number of nitrogens with two attached hydrogens (primary N) is 1. The molecule has 5 nitrogen and oxygen atoms in total. The van der Waals surface area contributed by atoms with E-state index < -0.39 is 5.97 Å². The lowest BCUT2D eigenvalue weighted by Gasteiger charge is -2.26. The molecule has 2 unspecified atom stereocenters. The number of nitrogen functional groups attached to an aromatic ring is 1. The lowest BCUT2D eigenvalue weighted by molar-refractivity contribution is 0.0525. The van der Waals surface area contributed by atoms with E-state index in [0.29, 0.717) is 29.7 Å². The standard InChI is InChI=1S/C15H23N3O2/c1-4-20-15(19)12-10(3)17-14(18-13(12)16)11-7-5-6-9(2)8-11/h9,11H,4-8H2,1-3H3,(H2,16,17,18). The molecule has 2 atom stereocenters. The summed E-state index contributed by atoms with van der Waals surface area (Å²) in [5.41, 5.74) is 6.86. The van der Waals surface area contributed by atoms with E-state index in [1.165, 1.54) is 12.8 Å². The van der Waals surface area contributed by atoms with Crippen LogP contribution in [0.15, 0.2) is 0 Å². The van der Waals surface area contributed by atoms with Gasteiger partial charge in [-0.25, -0.2) is 14.8 Å². The number of rotatable bonds is 3. The van der Waals surface area contributed by atoms with Gasteiger partial charge in [0.1, 0.15) is 17.2 Å². The molecule has 1 aliphatic carbocycles. The monoisotopic (exact) mass is 277 g/mol. The normalized spacial score (nSPS) is 22.6. The van der Waals surface area contributed by atoms with E-state index in [1.54, 1.807) is 13.8 Å². The molecule has 0 saturated heterocycles. The molecular weight excluding hydrogens is 254 g/mol. The summed E-state index contributed by atoms with van der Waals surface area (Å²) in [6.45, 7) is 6.14. The molecule has 110 valence electrons. The molecular formula is C15H23N3O2. The molecule has 20 heavy (non-hydrogen) atoms. The Balaban J connectivity index is 2.27. The number of carbonyl (C=O) groups excluding carboxylic acids is 1. The fourth-order valence-corrected chi connectivity index (χ4v) is 2.92. The molecule has 0 radical (unpaired) electrons. The maximum atomic E-state index is 11.8. The van der Waals surface area contributed by atoms with Crippen LogP contribution < -0.4 is 5.73 Å². The minimum atomic E-state index is -0.439. The Labute approximate surface area is 119 Å². The van der Waals surface area contributed by atoms with Crippen molar-refractivity contribution < 1.29 is 9.53 Å². The highest BCUT2D eigenvalue weighted by molar-refractivity contribution is 5.95. The van der Waals surface area contributed by atoms with Crippen molar-refractivity contribution in [2.45, 2.75) is 52.4 Å². The van der Waals surface area contributed by atoms with E-state index in [4.69, 9.17) is 10.5 Å². The Bertz CT molecular complexity index is 479. The molecule has 2 rings (SSSR count). The van der Waals surface area contributed by atoms with E-state index in [0.717, 1.165) is 18.7 Å². The second kappa shape index (κ2) is 6.20. The van der Waals surface area contributed by atoms with Crippen LogP contribution in [0.4, 0.5) is 5.82 Å². The van der Waals surface area contributed by atoms with Gasteiger partial charge in [-0.2, -0.15) is 0 Å². The Morgan fingerprint density at radius 1 is 1.40 bits per heavy atom. The Morgan fingerprint density at radius 2 is 2.15 bits per heavy atom. The lowest BCUT2D eigenvalue weighted by atomic mass is 9.82. The van der Waals surface area contributed by atoms with Gasteiger partial charge in [-0.1, -0.05) is 19.8 Å². The van der Waals surface area contributed by atoms with Gasteiger partial charge in [0.25, 0.3) is 0 Å². The van der Waals surface area contributed by atoms with E-state index in [-0.39, 0.29) is 5.82 Å². The zero-order chi connectivity index (χ0) is 14.7. The van der Waals surface area contributed by atoms with Crippen molar-refractivity contribution in [1.82, 2.24) is 9.97 Å². The Hall–Kier alpha value is -1.65. The predicted octanol–water partition coefficient (Wildman–Crippen LogP) is 2.84. The first-order valence-corrected chi connectivity index (χ1v) is 7.34. The van der Waals surface area contributed by atoms with Crippen molar-refractivity contribution in [3.63, 3.8) is 0 Å². The highest BCUT2D eigenvalue weighted by Gasteiger charge is 2.25. The third kappa shape index (κ3) is 3.08. The van der Waals surface area contributed by atoms with Crippen molar-refractivity contribution in [2.75, 3.05) is 12.3 Å². The molecule has 1 aromatic heterocycles. The fraction of sp³-hybridized carbons (Fsp3) is 0.667. The molecule has 5 heteroatoms. The van der Waals surface area contributed by atoms with Gasteiger partial charge in [0.15, 0.2) is 0 Å². The highest BCUT2D eigenvalue weighted by atomic mass is 16.5. The quantitative estimate of drug-likeness (QED) is 0.859. The number of ether oxygens (including phenoxy) is 1. The molecule has 1 saturated carbocycles. The van der Waals surface area contributed by atoms with E-state index in [2.05, 4.69) is 16.9 Å². The third-order valence-electron chi connectivity index (χ3n) is 3.92. The molecule has 0 spiro atoms. The van der Waals surface area contributed by atoms with Crippen molar-refractivity contribution >= 4 is 11.8 Å². The molecule has 1 aromatic rings. The summed E-state index contributed by atoms with van der Waals surface area (Å²) in [7, 11) is 0. The Kier molecular flexibility index (Phi) is 4.57. The number of aryl methyl sites for hydroxylation is 1. The van der Waals surface area contributed by atoms with Crippen LogP contribution in [0.5, 0.6) is 0 Å². The van der Waals surface area contributed by atoms with Crippen LogP contribution in [0.25, 0.3) is 0 Å². The smallest absolute Gasteiger partial charge is 0.343 e. The van der Waals surface area contributed by atoms with Gasteiger partial charge in [-0.05, 0) is 32.6 Å². The SMILES string of the molecule is CCOC(=O)c1c(C)nc(C2CCCC(C)C2)nc1N. The van der Waals surface area contributed by atoms with Gasteiger partial charge in [0, 0.05) is 5.92 Å². The van der Waals surface area contributed by atoms with Crippen LogP contribution in [0.3, 0.4) is 0 Å². The van der Waals surface area contributed by atoms with Gasteiger partial charge < -0.3 is 10.5 Å². The van der Waals surface area contributed by atoms with Crippen LogP contribution >= 0.6 is 0 Å². The highest BCUT2D eigenvalue weighted by Crippen LogP contribution is 2.35. The first-order valence-electron chi connectivity index (χ1n) is 7.34. The first-order chi connectivity index (χ1) is 9.52. The topological polar surface area (TPSA) is 78.1 Å². The zero-order valence-electron chi connectivity index (χ0n) is 12.5. The minimum absolute atomic E-state index is 0.240. The van der Waals surface area contributed by atoms with E-state index in [9.17, 15) is 4.79 Å². The summed E-state index contributed by atoms with van der Waals surface area (Å²) in [4.78, 5) is 20.7. The number of hydrogen-bond acceptors (Lipinski definition) is 5. The molecule has 1 heterocycles. The van der Waals surface area contributed by atoms with Crippen LogP contribution in [-0.4, -0.2) is 22.5 Å². The first kappa shape index (κ1) is 14.8. The summed E-state index contributed by atoms with van der Waals surface area (Å²) in [6, 6.07) is 0. The number of aromatic nitrogens is 2. The number of hydrogen-bond donors (Lipinski definition) is 1. The third-order valence-corrected chi connectivity index (χ3v) is 3.92. The van der Waals surface area contributed by atoms with Gasteiger partial charge in [0.2, 0.25) is 0 Å². The lowest BCUT2D eigenvalue weighted by Crippen LogP contribution is -2.19. The molecule has 2 N–H and O–H groups in total. The maximum absolute atomic E-state index is 11.8. The summed E-state index contributed by atoms with van der Waals surface area (Å²) in [5, 5.41) is 0. The average molecular weight is 277 g/mol.